The van der Waals surface area contributed by atoms with Crippen molar-refractivity contribution in [3.05, 3.63) is 71.9 Å². The summed E-state index contributed by atoms with van der Waals surface area (Å²) in [7, 11) is 0. The van der Waals surface area contributed by atoms with Crippen molar-refractivity contribution >= 4 is 34.2 Å². The van der Waals surface area contributed by atoms with Gasteiger partial charge in [0, 0.05) is 49.9 Å². The molecule has 3 aromatic rings. The van der Waals surface area contributed by atoms with Gasteiger partial charge in [0.15, 0.2) is 10.7 Å². The van der Waals surface area contributed by atoms with Gasteiger partial charge in [-0.1, -0.05) is 53.0 Å². The molecule has 1 aliphatic rings. The fourth-order valence-corrected chi connectivity index (χ4v) is 3.82. The van der Waals surface area contributed by atoms with Crippen molar-refractivity contribution < 1.29 is 9.59 Å². The predicted molar refractivity (Wildman–Crippen MR) is 117 cm³/mol. The van der Waals surface area contributed by atoms with E-state index in [9.17, 15) is 9.59 Å². The van der Waals surface area contributed by atoms with Gasteiger partial charge in [-0.2, -0.15) is 0 Å². The standard InChI is InChI=1S/C21H22N6O2S/c28-19(22-15-16-7-3-1-4-8-16)18-20(30-25-24-18)23-21(29)27-13-11-26(12-14-27)17-9-5-2-6-10-17/h1-10H,11-15H2,(H,22,28)(H,23,29). The molecule has 0 aliphatic carbocycles. The molecule has 0 unspecified atom stereocenters. The number of nitrogens with one attached hydrogen (secondary N) is 2. The highest BCUT2D eigenvalue weighted by Gasteiger charge is 2.24. The lowest BCUT2D eigenvalue weighted by molar-refractivity contribution is 0.0946. The summed E-state index contributed by atoms with van der Waals surface area (Å²) in [5.41, 5.74) is 2.27. The van der Waals surface area contributed by atoms with Crippen LogP contribution in [0.5, 0.6) is 0 Å². The number of hydrogen-bond donors (Lipinski definition) is 2. The number of piperazine rings is 1. The molecule has 9 heteroatoms. The number of hydrogen-bond acceptors (Lipinski definition) is 6. The summed E-state index contributed by atoms with van der Waals surface area (Å²) in [5, 5.41) is 9.86. The van der Waals surface area contributed by atoms with E-state index in [0.29, 0.717) is 24.6 Å². The highest BCUT2D eigenvalue weighted by molar-refractivity contribution is 7.10. The molecule has 2 aromatic carbocycles. The predicted octanol–water partition coefficient (Wildman–Crippen LogP) is 2.82. The van der Waals surface area contributed by atoms with Crippen molar-refractivity contribution in [3.63, 3.8) is 0 Å². The van der Waals surface area contributed by atoms with Crippen LogP contribution in [0.4, 0.5) is 15.5 Å². The average molecular weight is 423 g/mol. The van der Waals surface area contributed by atoms with E-state index in [0.717, 1.165) is 35.9 Å². The number of amides is 3. The zero-order valence-electron chi connectivity index (χ0n) is 16.3. The highest BCUT2D eigenvalue weighted by atomic mass is 32.1. The molecule has 8 nitrogen and oxygen atoms in total. The van der Waals surface area contributed by atoms with Crippen molar-refractivity contribution in [2.75, 3.05) is 36.4 Å². The van der Waals surface area contributed by atoms with Gasteiger partial charge in [-0.15, -0.1) is 5.10 Å². The number of benzene rings is 2. The van der Waals surface area contributed by atoms with Gasteiger partial charge in [0.05, 0.1) is 0 Å². The van der Waals surface area contributed by atoms with Gasteiger partial charge in [-0.25, -0.2) is 4.79 Å². The number of carbonyl (C=O) groups is 2. The lowest BCUT2D eigenvalue weighted by atomic mass is 10.2. The maximum atomic E-state index is 12.7. The molecule has 0 atom stereocenters. The molecule has 1 aliphatic heterocycles. The van der Waals surface area contributed by atoms with E-state index in [4.69, 9.17) is 0 Å². The number of carbonyl (C=O) groups excluding carboxylic acids is 2. The Hall–Kier alpha value is -3.46. The number of aromatic nitrogens is 2. The third kappa shape index (κ3) is 4.74. The Bertz CT molecular complexity index is 987. The lowest BCUT2D eigenvalue weighted by Gasteiger charge is -2.35. The first-order valence-corrected chi connectivity index (χ1v) is 10.5. The molecule has 1 saturated heterocycles. The molecule has 4 rings (SSSR count). The molecule has 154 valence electrons. The molecule has 2 N–H and O–H groups in total. The van der Waals surface area contributed by atoms with Gasteiger partial charge < -0.3 is 15.1 Å². The molecular formula is C21H22N6O2S. The van der Waals surface area contributed by atoms with Crippen LogP contribution >= 0.6 is 11.5 Å². The van der Waals surface area contributed by atoms with Crippen LogP contribution in [0.25, 0.3) is 0 Å². The maximum Gasteiger partial charge on any atom is 0.322 e. The Kier molecular flexibility index (Phi) is 6.19. The summed E-state index contributed by atoms with van der Waals surface area (Å²) in [6, 6.07) is 19.5. The van der Waals surface area contributed by atoms with Gasteiger partial charge in [0.25, 0.3) is 5.91 Å². The molecule has 0 saturated carbocycles. The molecule has 3 amide bonds. The van der Waals surface area contributed by atoms with Gasteiger partial charge in [-0.05, 0) is 17.7 Å². The first kappa shape index (κ1) is 19.8. The Morgan fingerprint density at radius 2 is 1.60 bits per heavy atom. The van der Waals surface area contributed by atoms with Crippen molar-refractivity contribution in [3.8, 4) is 0 Å². The third-order valence-corrected chi connectivity index (χ3v) is 5.55. The molecule has 0 radical (unpaired) electrons. The van der Waals surface area contributed by atoms with Crippen molar-refractivity contribution in [1.29, 1.82) is 0 Å². The van der Waals surface area contributed by atoms with E-state index in [1.807, 2.05) is 48.5 Å². The topological polar surface area (TPSA) is 90.5 Å². The van der Waals surface area contributed by atoms with Gasteiger partial charge in [0.2, 0.25) is 0 Å². The number of rotatable bonds is 5. The Labute approximate surface area is 178 Å². The zero-order chi connectivity index (χ0) is 20.8. The van der Waals surface area contributed by atoms with E-state index >= 15 is 0 Å². The van der Waals surface area contributed by atoms with Crippen molar-refractivity contribution in [2.45, 2.75) is 6.54 Å². The summed E-state index contributed by atoms with van der Waals surface area (Å²) >= 11 is 0.998. The van der Waals surface area contributed by atoms with Crippen LogP contribution in [0.1, 0.15) is 16.1 Å². The van der Waals surface area contributed by atoms with Crippen LogP contribution < -0.4 is 15.5 Å². The van der Waals surface area contributed by atoms with E-state index in [2.05, 4.69) is 37.3 Å². The van der Waals surface area contributed by atoms with Gasteiger partial charge in [-0.3, -0.25) is 10.1 Å². The van der Waals surface area contributed by atoms with Crippen LogP contribution in [-0.4, -0.2) is 52.6 Å². The first-order valence-electron chi connectivity index (χ1n) is 9.71. The van der Waals surface area contributed by atoms with E-state index in [-0.39, 0.29) is 17.6 Å². The summed E-state index contributed by atoms with van der Waals surface area (Å²) in [6.07, 6.45) is 0. The molecule has 2 heterocycles. The largest absolute Gasteiger partial charge is 0.368 e. The Balaban J connectivity index is 1.31. The second-order valence-corrected chi connectivity index (χ2v) is 7.61. The van der Waals surface area contributed by atoms with Crippen molar-refractivity contribution in [2.24, 2.45) is 0 Å². The Morgan fingerprint density at radius 1 is 0.933 bits per heavy atom. The maximum absolute atomic E-state index is 12.7. The zero-order valence-corrected chi connectivity index (χ0v) is 17.1. The van der Waals surface area contributed by atoms with Gasteiger partial charge >= 0.3 is 6.03 Å². The second-order valence-electron chi connectivity index (χ2n) is 6.86. The summed E-state index contributed by atoms with van der Waals surface area (Å²) < 4.78 is 3.84. The minimum Gasteiger partial charge on any atom is -0.368 e. The van der Waals surface area contributed by atoms with Crippen LogP contribution in [0.2, 0.25) is 0 Å². The first-order chi connectivity index (χ1) is 14.7. The Morgan fingerprint density at radius 3 is 2.30 bits per heavy atom. The van der Waals surface area contributed by atoms with Crippen LogP contribution in [0.3, 0.4) is 0 Å². The van der Waals surface area contributed by atoms with E-state index in [1.165, 1.54) is 0 Å². The SMILES string of the molecule is O=C(NCc1ccccc1)c1nnsc1NC(=O)N1CCN(c2ccccc2)CC1. The third-order valence-electron chi connectivity index (χ3n) is 4.91. The number of para-hydroxylation sites is 1. The molecule has 30 heavy (non-hydrogen) atoms. The molecular weight excluding hydrogens is 400 g/mol. The quantitative estimate of drug-likeness (QED) is 0.660. The monoisotopic (exact) mass is 422 g/mol. The highest BCUT2D eigenvalue weighted by Crippen LogP contribution is 2.20. The molecule has 0 spiro atoms. The van der Waals surface area contributed by atoms with Crippen LogP contribution in [0.15, 0.2) is 60.7 Å². The van der Waals surface area contributed by atoms with E-state index < -0.39 is 0 Å². The smallest absolute Gasteiger partial charge is 0.322 e. The normalized spacial score (nSPS) is 13.7. The number of urea groups is 1. The van der Waals surface area contributed by atoms with Crippen molar-refractivity contribution in [1.82, 2.24) is 19.8 Å². The lowest BCUT2D eigenvalue weighted by Crippen LogP contribution is -2.50. The fraction of sp³-hybridized carbons (Fsp3) is 0.238. The summed E-state index contributed by atoms with van der Waals surface area (Å²) in [6.45, 7) is 3.09. The van der Waals surface area contributed by atoms with Crippen LogP contribution in [0, 0.1) is 0 Å². The summed E-state index contributed by atoms with van der Waals surface area (Å²) in [4.78, 5) is 29.1. The molecule has 0 bridgehead atoms. The minimum absolute atomic E-state index is 0.132. The summed E-state index contributed by atoms with van der Waals surface area (Å²) in [5.74, 6) is -0.364. The number of nitrogens with zero attached hydrogens (tertiary/aromatic N) is 4. The van der Waals surface area contributed by atoms with Crippen LogP contribution in [-0.2, 0) is 6.54 Å². The second kappa shape index (κ2) is 9.36. The minimum atomic E-state index is -0.364. The van der Waals surface area contributed by atoms with Gasteiger partial charge in [0.1, 0.15) is 0 Å². The molecule has 1 fully saturated rings. The molecule has 1 aromatic heterocycles. The fourth-order valence-electron chi connectivity index (χ4n) is 3.27. The number of anilines is 2. The average Bonchev–Trinajstić information content (AvgIpc) is 3.27. The van der Waals surface area contributed by atoms with E-state index in [1.54, 1.807) is 4.90 Å².